The van der Waals surface area contributed by atoms with Gasteiger partial charge >= 0.3 is 0 Å². The lowest BCUT2D eigenvalue weighted by Crippen LogP contribution is -2.46. The molecule has 1 saturated heterocycles. The van der Waals surface area contributed by atoms with E-state index in [1.165, 1.54) is 30.0 Å². The van der Waals surface area contributed by atoms with Gasteiger partial charge in [-0.3, -0.25) is 4.79 Å². The number of halogens is 4. The van der Waals surface area contributed by atoms with Crippen LogP contribution < -0.4 is 20.5 Å². The molecular formula is C23H26Cl2F2N4O2. The SMILES string of the molecule is COc1ccc(-c2nn(Cc3ccc(F)cc3)c(=O)c(N3CCNCC3)c2C)cc1F.Cl.Cl. The number of rotatable bonds is 5. The van der Waals surface area contributed by atoms with E-state index in [1.807, 2.05) is 11.8 Å². The third kappa shape index (κ3) is 5.63. The van der Waals surface area contributed by atoms with Gasteiger partial charge in [0.25, 0.3) is 5.56 Å². The van der Waals surface area contributed by atoms with Crippen LogP contribution in [0.25, 0.3) is 11.3 Å². The van der Waals surface area contributed by atoms with E-state index in [0.29, 0.717) is 35.6 Å². The molecule has 1 aliphatic heterocycles. The Hall–Kier alpha value is -2.68. The van der Waals surface area contributed by atoms with Crippen molar-refractivity contribution in [2.24, 2.45) is 0 Å². The lowest BCUT2D eigenvalue weighted by molar-refractivity contribution is 0.386. The van der Waals surface area contributed by atoms with Crippen molar-refractivity contribution in [2.45, 2.75) is 13.5 Å². The molecule has 1 aromatic heterocycles. The van der Waals surface area contributed by atoms with Gasteiger partial charge in [0.05, 0.1) is 19.3 Å². The van der Waals surface area contributed by atoms with E-state index < -0.39 is 5.82 Å². The molecule has 33 heavy (non-hydrogen) atoms. The van der Waals surface area contributed by atoms with Gasteiger partial charge in [-0.05, 0) is 42.8 Å². The minimum atomic E-state index is -0.499. The van der Waals surface area contributed by atoms with Crippen LogP contribution >= 0.6 is 24.8 Å². The number of ether oxygens (including phenoxy) is 1. The Morgan fingerprint density at radius 2 is 1.73 bits per heavy atom. The molecule has 0 radical (unpaired) electrons. The van der Waals surface area contributed by atoms with Gasteiger partial charge in [-0.2, -0.15) is 5.10 Å². The van der Waals surface area contributed by atoms with E-state index in [4.69, 9.17) is 4.74 Å². The van der Waals surface area contributed by atoms with Crippen LogP contribution in [0.1, 0.15) is 11.1 Å². The zero-order valence-electron chi connectivity index (χ0n) is 18.3. The van der Waals surface area contributed by atoms with Crippen LogP contribution in [0, 0.1) is 18.6 Å². The molecule has 1 aliphatic rings. The molecule has 4 rings (SSSR count). The fourth-order valence-corrected chi connectivity index (χ4v) is 3.85. The molecule has 0 saturated carbocycles. The Labute approximate surface area is 203 Å². The fraction of sp³-hybridized carbons (Fsp3) is 0.304. The molecule has 10 heteroatoms. The van der Waals surface area contributed by atoms with E-state index in [-0.39, 0.29) is 48.5 Å². The highest BCUT2D eigenvalue weighted by molar-refractivity contribution is 5.85. The Bertz CT molecular complexity index is 1150. The summed E-state index contributed by atoms with van der Waals surface area (Å²) in [5.74, 6) is -0.701. The van der Waals surface area contributed by atoms with Gasteiger partial charge in [-0.15, -0.1) is 24.8 Å². The zero-order valence-corrected chi connectivity index (χ0v) is 19.9. The Kier molecular flexibility index (Phi) is 9.22. The summed E-state index contributed by atoms with van der Waals surface area (Å²) in [7, 11) is 1.41. The second-order valence-electron chi connectivity index (χ2n) is 7.50. The van der Waals surface area contributed by atoms with Gasteiger partial charge in [-0.1, -0.05) is 12.1 Å². The van der Waals surface area contributed by atoms with E-state index in [2.05, 4.69) is 10.4 Å². The minimum absolute atomic E-state index is 0. The van der Waals surface area contributed by atoms with Crippen LogP contribution in [-0.2, 0) is 6.54 Å². The third-order valence-corrected chi connectivity index (χ3v) is 5.47. The van der Waals surface area contributed by atoms with Crippen LogP contribution in [0.15, 0.2) is 47.3 Å². The Morgan fingerprint density at radius 1 is 1.06 bits per heavy atom. The topological polar surface area (TPSA) is 59.4 Å². The summed E-state index contributed by atoms with van der Waals surface area (Å²) in [6.07, 6.45) is 0. The average Bonchev–Trinajstić information content (AvgIpc) is 2.78. The number of hydrogen-bond donors (Lipinski definition) is 1. The van der Waals surface area contributed by atoms with Crippen LogP contribution in [0.2, 0.25) is 0 Å². The van der Waals surface area contributed by atoms with Crippen molar-refractivity contribution in [3.8, 4) is 17.0 Å². The molecule has 0 amide bonds. The maximum Gasteiger partial charge on any atom is 0.290 e. The molecule has 178 valence electrons. The van der Waals surface area contributed by atoms with Crippen molar-refractivity contribution in [3.05, 3.63) is 75.6 Å². The quantitative estimate of drug-likeness (QED) is 0.579. The molecule has 3 aromatic rings. The van der Waals surface area contributed by atoms with Crippen molar-refractivity contribution in [1.29, 1.82) is 0 Å². The lowest BCUT2D eigenvalue weighted by Gasteiger charge is -2.31. The van der Waals surface area contributed by atoms with Crippen LogP contribution in [-0.4, -0.2) is 43.1 Å². The molecule has 2 aromatic carbocycles. The predicted octanol–water partition coefficient (Wildman–Crippen LogP) is 3.81. The number of nitrogens with zero attached hydrogens (tertiary/aromatic N) is 3. The predicted molar refractivity (Wildman–Crippen MR) is 130 cm³/mol. The number of methoxy groups -OCH3 is 1. The molecule has 0 aliphatic carbocycles. The third-order valence-electron chi connectivity index (χ3n) is 5.47. The second-order valence-corrected chi connectivity index (χ2v) is 7.50. The number of aromatic nitrogens is 2. The average molecular weight is 499 g/mol. The van der Waals surface area contributed by atoms with Gasteiger partial charge in [0, 0.05) is 37.3 Å². The van der Waals surface area contributed by atoms with E-state index in [0.717, 1.165) is 18.7 Å². The van der Waals surface area contributed by atoms with E-state index in [1.54, 1.807) is 24.3 Å². The van der Waals surface area contributed by atoms with Crippen LogP contribution in [0.5, 0.6) is 5.75 Å². The van der Waals surface area contributed by atoms with E-state index in [9.17, 15) is 13.6 Å². The first-order valence-electron chi connectivity index (χ1n) is 10.1. The molecule has 1 N–H and O–H groups in total. The Morgan fingerprint density at radius 3 is 2.33 bits per heavy atom. The number of nitrogens with one attached hydrogen (secondary N) is 1. The summed E-state index contributed by atoms with van der Waals surface area (Å²) in [6.45, 7) is 4.94. The fourth-order valence-electron chi connectivity index (χ4n) is 3.85. The van der Waals surface area contributed by atoms with Gasteiger partial charge in [0.1, 0.15) is 11.5 Å². The summed E-state index contributed by atoms with van der Waals surface area (Å²) < 4.78 is 34.1. The van der Waals surface area contributed by atoms with Gasteiger partial charge in [0.2, 0.25) is 0 Å². The lowest BCUT2D eigenvalue weighted by atomic mass is 10.0. The number of hydrogen-bond acceptors (Lipinski definition) is 5. The maximum atomic E-state index is 14.4. The largest absolute Gasteiger partial charge is 0.494 e. The second kappa shape index (κ2) is 11.4. The summed E-state index contributed by atoms with van der Waals surface area (Å²) in [5.41, 5.74) is 2.87. The summed E-state index contributed by atoms with van der Waals surface area (Å²) in [4.78, 5) is 15.4. The molecular weight excluding hydrogens is 473 g/mol. The maximum absolute atomic E-state index is 14.4. The highest BCUT2D eigenvalue weighted by Gasteiger charge is 2.22. The van der Waals surface area contributed by atoms with Crippen LogP contribution in [0.3, 0.4) is 0 Å². The molecule has 2 heterocycles. The van der Waals surface area contributed by atoms with E-state index >= 15 is 0 Å². The van der Waals surface area contributed by atoms with Gasteiger partial charge in [0.15, 0.2) is 11.6 Å². The monoisotopic (exact) mass is 498 g/mol. The van der Waals surface area contributed by atoms with Crippen molar-refractivity contribution < 1.29 is 13.5 Å². The summed E-state index contributed by atoms with van der Waals surface area (Å²) in [6, 6.07) is 10.6. The number of piperazine rings is 1. The van der Waals surface area contributed by atoms with Gasteiger partial charge < -0.3 is 15.0 Å². The summed E-state index contributed by atoms with van der Waals surface area (Å²) in [5, 5.41) is 7.86. The first kappa shape index (κ1) is 26.6. The first-order valence-corrected chi connectivity index (χ1v) is 10.1. The van der Waals surface area contributed by atoms with Crippen molar-refractivity contribution in [1.82, 2.24) is 15.1 Å². The normalized spacial score (nSPS) is 13.2. The van der Waals surface area contributed by atoms with Gasteiger partial charge in [-0.25, -0.2) is 13.5 Å². The zero-order chi connectivity index (χ0) is 22.0. The molecule has 0 spiro atoms. The smallest absolute Gasteiger partial charge is 0.290 e. The highest BCUT2D eigenvalue weighted by atomic mass is 35.5. The van der Waals surface area contributed by atoms with Crippen LogP contribution in [0.4, 0.5) is 14.5 Å². The molecule has 0 atom stereocenters. The molecule has 1 fully saturated rings. The molecule has 0 bridgehead atoms. The van der Waals surface area contributed by atoms with Crippen molar-refractivity contribution in [3.63, 3.8) is 0 Å². The Balaban J connectivity index is 0.00000193. The number of anilines is 1. The van der Waals surface area contributed by atoms with Crippen molar-refractivity contribution >= 4 is 30.5 Å². The molecule has 0 unspecified atom stereocenters. The van der Waals surface area contributed by atoms with Crippen molar-refractivity contribution in [2.75, 3.05) is 38.2 Å². The highest BCUT2D eigenvalue weighted by Crippen LogP contribution is 2.29. The number of benzene rings is 2. The standard InChI is InChI=1S/C23H24F2N4O2.2ClH/c1-15-21(17-5-8-20(31-2)19(25)13-17)27-29(14-16-3-6-18(24)7-4-16)23(30)22(15)28-11-9-26-10-12-28;;/h3-8,13,26H,9-12,14H2,1-2H3;2*1H. The summed E-state index contributed by atoms with van der Waals surface area (Å²) >= 11 is 0. The minimum Gasteiger partial charge on any atom is -0.494 e. The first-order chi connectivity index (χ1) is 15.0. The molecule has 6 nitrogen and oxygen atoms in total.